The van der Waals surface area contributed by atoms with Crippen LogP contribution in [0.15, 0.2) is 55.2 Å². The zero-order chi connectivity index (χ0) is 22.4. The van der Waals surface area contributed by atoms with Gasteiger partial charge in [0.05, 0.1) is 11.9 Å². The lowest BCUT2D eigenvalue weighted by Gasteiger charge is -2.46. The fourth-order valence-corrected chi connectivity index (χ4v) is 4.76. The van der Waals surface area contributed by atoms with Gasteiger partial charge in [0.25, 0.3) is 5.91 Å². The van der Waals surface area contributed by atoms with E-state index in [-0.39, 0.29) is 11.7 Å². The van der Waals surface area contributed by atoms with Gasteiger partial charge in [-0.25, -0.2) is 14.4 Å². The van der Waals surface area contributed by atoms with Crippen molar-refractivity contribution in [2.45, 2.75) is 18.9 Å². The summed E-state index contributed by atoms with van der Waals surface area (Å²) >= 11 is 0. The average Bonchev–Trinajstić information content (AvgIpc) is 3.48. The summed E-state index contributed by atoms with van der Waals surface area (Å²) in [6, 6.07) is 9.48. The molecule has 1 amide bonds. The highest BCUT2D eigenvalue weighted by atomic mass is 19.1. The molecule has 5 heterocycles. The summed E-state index contributed by atoms with van der Waals surface area (Å²) < 4.78 is 15.1. The first-order valence-corrected chi connectivity index (χ1v) is 11.1. The molecule has 167 valence electrons. The monoisotopic (exact) mass is 444 g/mol. The summed E-state index contributed by atoms with van der Waals surface area (Å²) in [4.78, 5) is 28.8. The molecule has 4 aromatic rings. The van der Waals surface area contributed by atoms with Crippen molar-refractivity contribution < 1.29 is 9.18 Å². The molecule has 1 N–H and O–H groups in total. The quantitative estimate of drug-likeness (QED) is 0.523. The van der Waals surface area contributed by atoms with Gasteiger partial charge in [0.1, 0.15) is 23.8 Å². The molecule has 2 saturated heterocycles. The van der Waals surface area contributed by atoms with E-state index in [0.29, 0.717) is 11.6 Å². The number of nitrogens with zero attached hydrogens (tertiary/aromatic N) is 6. The molecule has 8 nitrogen and oxygen atoms in total. The van der Waals surface area contributed by atoms with Crippen LogP contribution in [-0.2, 0) is 0 Å². The minimum Gasteiger partial charge on any atom is -0.346 e. The van der Waals surface area contributed by atoms with E-state index in [0.717, 1.165) is 61.3 Å². The second kappa shape index (κ2) is 8.08. The molecule has 0 atom stereocenters. The molecule has 2 aliphatic heterocycles. The van der Waals surface area contributed by atoms with Crippen LogP contribution >= 0.6 is 0 Å². The third-order valence-corrected chi connectivity index (χ3v) is 6.66. The Labute approximate surface area is 190 Å². The van der Waals surface area contributed by atoms with Crippen LogP contribution in [0.2, 0.25) is 0 Å². The molecule has 1 radical (unpaired) electrons. The molecule has 0 unspecified atom stereocenters. The topological polar surface area (TPSA) is 82.9 Å². The Hall–Kier alpha value is -3.59. The Morgan fingerprint density at radius 1 is 1.06 bits per heavy atom. The number of halogens is 1. The highest BCUT2D eigenvalue weighted by Gasteiger charge is 2.37. The summed E-state index contributed by atoms with van der Waals surface area (Å²) in [6.45, 7) is 3.19. The minimum atomic E-state index is -0.325. The number of carbonyl (C=O) groups excluding carboxylic acids is 1. The van der Waals surface area contributed by atoms with Crippen molar-refractivity contribution in [3.8, 4) is 11.3 Å². The first kappa shape index (κ1) is 20.0. The molecule has 3 aromatic heterocycles. The predicted octanol–water partition coefficient (Wildman–Crippen LogP) is 2.96. The van der Waals surface area contributed by atoms with Crippen LogP contribution in [-0.4, -0.2) is 72.7 Å². The molecule has 1 aromatic carbocycles. The van der Waals surface area contributed by atoms with Crippen molar-refractivity contribution in [1.29, 1.82) is 0 Å². The van der Waals surface area contributed by atoms with Gasteiger partial charge in [0, 0.05) is 61.1 Å². The number of benzene rings is 1. The van der Waals surface area contributed by atoms with Crippen LogP contribution in [0.25, 0.3) is 22.3 Å². The fourth-order valence-electron chi connectivity index (χ4n) is 4.76. The van der Waals surface area contributed by atoms with Crippen molar-refractivity contribution in [1.82, 2.24) is 34.5 Å². The Balaban J connectivity index is 1.05. The summed E-state index contributed by atoms with van der Waals surface area (Å²) in [5.41, 5.74) is 3.21. The molecule has 6 rings (SSSR count). The van der Waals surface area contributed by atoms with Crippen molar-refractivity contribution in [3.63, 3.8) is 0 Å². The fraction of sp³-hybridized carbons (Fsp3) is 0.292. The second-order valence-electron chi connectivity index (χ2n) is 8.64. The summed E-state index contributed by atoms with van der Waals surface area (Å²) in [7, 11) is 0. The number of nitrogens with one attached hydrogen (secondary N) is 1. The van der Waals surface area contributed by atoms with Crippen LogP contribution in [0.1, 0.15) is 23.2 Å². The Morgan fingerprint density at radius 3 is 2.64 bits per heavy atom. The number of rotatable bonds is 4. The third kappa shape index (κ3) is 3.68. The third-order valence-electron chi connectivity index (χ3n) is 6.66. The Bertz CT molecular complexity index is 1280. The van der Waals surface area contributed by atoms with E-state index in [1.165, 1.54) is 18.2 Å². The van der Waals surface area contributed by atoms with Crippen LogP contribution in [0, 0.1) is 11.9 Å². The molecule has 0 aliphatic carbocycles. The molecule has 0 saturated carbocycles. The van der Waals surface area contributed by atoms with Gasteiger partial charge in [-0.15, -0.1) is 0 Å². The van der Waals surface area contributed by atoms with Crippen LogP contribution < -0.4 is 0 Å². The first-order chi connectivity index (χ1) is 16.2. The van der Waals surface area contributed by atoms with Gasteiger partial charge in [-0.2, -0.15) is 5.10 Å². The molecule has 2 fully saturated rings. The highest BCUT2D eigenvalue weighted by Crippen LogP contribution is 2.30. The largest absolute Gasteiger partial charge is 0.346 e. The summed E-state index contributed by atoms with van der Waals surface area (Å²) in [5.74, 6) is -0.344. The highest BCUT2D eigenvalue weighted by molar-refractivity contribution is 5.94. The lowest BCUT2D eigenvalue weighted by atomic mass is 9.97. The molecular formula is C24H23FN7O. The second-order valence-corrected chi connectivity index (χ2v) is 8.64. The van der Waals surface area contributed by atoms with Crippen molar-refractivity contribution in [2.24, 2.45) is 0 Å². The standard InChI is InChI=1S/C24H23FN7O/c25-18-3-1-16(2-4-18)24(33)30-9-6-19(7-10-30)31-13-20(14-31)32-12-17(11-29-32)22-21-5-8-26-23(21)28-15-27-22/h1-5,8,11-12,15,19H,6-7,9-10,13-14H2,(H,26,27,28). The number of aromatic nitrogens is 5. The van der Waals surface area contributed by atoms with E-state index < -0.39 is 0 Å². The number of carbonyl (C=O) groups is 1. The maximum absolute atomic E-state index is 13.1. The normalized spacial score (nSPS) is 18.0. The minimum absolute atomic E-state index is 0.0189. The number of fused-ring (bicyclic) bond motifs is 1. The van der Waals surface area contributed by atoms with Gasteiger partial charge in [-0.3, -0.25) is 14.4 Å². The van der Waals surface area contributed by atoms with Crippen LogP contribution in [0.4, 0.5) is 4.39 Å². The van der Waals surface area contributed by atoms with E-state index >= 15 is 0 Å². The smallest absolute Gasteiger partial charge is 0.253 e. The van der Waals surface area contributed by atoms with Gasteiger partial charge in [0.2, 0.25) is 0 Å². The van der Waals surface area contributed by atoms with E-state index in [1.54, 1.807) is 18.5 Å². The number of hydrogen-bond acceptors (Lipinski definition) is 5. The SMILES string of the molecule is O=C(c1ccc(F)cc1)N1CCC(N2C[C](n3cc(-c4ncnc5[nH]ccc45)cn3)C2)CC1. The summed E-state index contributed by atoms with van der Waals surface area (Å²) in [6.07, 6.45) is 9.20. The van der Waals surface area contributed by atoms with Crippen molar-refractivity contribution in [2.75, 3.05) is 26.2 Å². The van der Waals surface area contributed by atoms with Crippen molar-refractivity contribution >= 4 is 16.9 Å². The number of likely N-dealkylation sites (tertiary alicyclic amines) is 2. The van der Waals surface area contributed by atoms with E-state index in [4.69, 9.17) is 0 Å². The molecule has 9 heteroatoms. The van der Waals surface area contributed by atoms with Crippen molar-refractivity contribution in [3.05, 3.63) is 72.7 Å². The number of H-pyrrole nitrogens is 1. The number of aromatic amines is 1. The molecule has 33 heavy (non-hydrogen) atoms. The number of amides is 1. The summed E-state index contributed by atoms with van der Waals surface area (Å²) in [5, 5.41) is 5.55. The lowest BCUT2D eigenvalue weighted by molar-refractivity contribution is 0.0515. The lowest BCUT2D eigenvalue weighted by Crippen LogP contribution is -2.56. The van der Waals surface area contributed by atoms with Gasteiger partial charge in [0.15, 0.2) is 0 Å². The first-order valence-electron chi connectivity index (χ1n) is 11.1. The predicted molar refractivity (Wildman–Crippen MR) is 121 cm³/mol. The number of piperidine rings is 1. The molecule has 0 bridgehead atoms. The zero-order valence-corrected chi connectivity index (χ0v) is 18.0. The van der Waals surface area contributed by atoms with E-state index in [2.05, 4.69) is 25.0 Å². The maximum atomic E-state index is 13.1. The maximum Gasteiger partial charge on any atom is 0.253 e. The molecule has 0 spiro atoms. The van der Waals surface area contributed by atoms with Gasteiger partial charge in [-0.1, -0.05) is 0 Å². The van der Waals surface area contributed by atoms with Gasteiger partial charge >= 0.3 is 0 Å². The van der Waals surface area contributed by atoms with Crippen LogP contribution in [0.3, 0.4) is 0 Å². The zero-order valence-electron chi connectivity index (χ0n) is 18.0. The van der Waals surface area contributed by atoms with Gasteiger partial charge in [-0.05, 0) is 43.2 Å². The van der Waals surface area contributed by atoms with Crippen LogP contribution in [0.5, 0.6) is 0 Å². The number of hydrogen-bond donors (Lipinski definition) is 1. The molecule has 2 aliphatic rings. The average molecular weight is 444 g/mol. The van der Waals surface area contributed by atoms with E-state index in [9.17, 15) is 9.18 Å². The Kier molecular flexibility index (Phi) is 4.91. The van der Waals surface area contributed by atoms with Gasteiger partial charge < -0.3 is 9.88 Å². The molecular weight excluding hydrogens is 421 g/mol. The Morgan fingerprint density at radius 2 is 1.85 bits per heavy atom. The van der Waals surface area contributed by atoms with E-state index in [1.807, 2.05) is 34.2 Å².